The van der Waals surface area contributed by atoms with E-state index < -0.39 is 5.91 Å². The Labute approximate surface area is 149 Å². The number of nitrogens with one attached hydrogen (secondary N) is 1. The Morgan fingerprint density at radius 2 is 2.12 bits per heavy atom. The summed E-state index contributed by atoms with van der Waals surface area (Å²) in [6.07, 6.45) is 4.04. The third-order valence-corrected chi connectivity index (χ3v) is 6.06. The summed E-state index contributed by atoms with van der Waals surface area (Å²) >= 11 is 3.15. The molecule has 2 aromatic rings. The Bertz CT molecular complexity index is 737. The third kappa shape index (κ3) is 3.85. The average molecular weight is 364 g/mol. The average Bonchev–Trinajstić information content (AvgIpc) is 3.13. The molecule has 0 spiro atoms. The Morgan fingerprint density at radius 1 is 1.33 bits per heavy atom. The van der Waals surface area contributed by atoms with Crippen LogP contribution in [0.2, 0.25) is 0 Å². The van der Waals surface area contributed by atoms with Gasteiger partial charge in [0.05, 0.1) is 12.1 Å². The van der Waals surface area contributed by atoms with E-state index >= 15 is 0 Å². The lowest BCUT2D eigenvalue weighted by molar-refractivity contribution is -0.117. The molecule has 0 aliphatic heterocycles. The molecule has 2 amide bonds. The highest BCUT2D eigenvalue weighted by Crippen LogP contribution is 2.37. The summed E-state index contributed by atoms with van der Waals surface area (Å²) < 4.78 is 0. The molecule has 7 heteroatoms. The van der Waals surface area contributed by atoms with Crippen LogP contribution >= 0.6 is 22.7 Å². The van der Waals surface area contributed by atoms with Gasteiger partial charge in [0.25, 0.3) is 5.91 Å². The molecule has 2 aromatic heterocycles. The zero-order valence-electron chi connectivity index (χ0n) is 13.6. The van der Waals surface area contributed by atoms with E-state index in [1.165, 1.54) is 21.8 Å². The van der Waals surface area contributed by atoms with Crippen LogP contribution in [0.3, 0.4) is 0 Å². The maximum absolute atomic E-state index is 12.3. The molecule has 1 aliphatic rings. The van der Waals surface area contributed by atoms with Gasteiger partial charge in [-0.25, -0.2) is 0 Å². The summed E-state index contributed by atoms with van der Waals surface area (Å²) in [6.45, 7) is 0.997. The predicted molar refractivity (Wildman–Crippen MR) is 98.8 cm³/mol. The second kappa shape index (κ2) is 7.46. The number of thiophene rings is 2. The summed E-state index contributed by atoms with van der Waals surface area (Å²) in [4.78, 5) is 27.3. The molecule has 0 bridgehead atoms. The molecule has 1 aliphatic carbocycles. The molecule has 3 rings (SSSR count). The van der Waals surface area contributed by atoms with Crippen LogP contribution < -0.4 is 11.1 Å². The maximum Gasteiger partial charge on any atom is 0.251 e. The first kappa shape index (κ1) is 17.1. The van der Waals surface area contributed by atoms with Crippen molar-refractivity contribution in [2.75, 3.05) is 18.9 Å². The number of fused-ring (bicyclic) bond motifs is 1. The third-order valence-electron chi connectivity index (χ3n) is 4.12. The fourth-order valence-electron chi connectivity index (χ4n) is 3.08. The van der Waals surface area contributed by atoms with Gasteiger partial charge in [0, 0.05) is 11.4 Å². The molecule has 5 nitrogen and oxygen atoms in total. The molecule has 3 N–H and O–H groups in total. The van der Waals surface area contributed by atoms with Crippen molar-refractivity contribution in [3.63, 3.8) is 0 Å². The second-order valence-electron chi connectivity index (χ2n) is 6.13. The number of carbonyl (C=O) groups is 2. The molecule has 0 radical (unpaired) electrons. The van der Waals surface area contributed by atoms with E-state index in [2.05, 4.69) is 16.8 Å². The van der Waals surface area contributed by atoms with Crippen LogP contribution in [0.15, 0.2) is 16.8 Å². The van der Waals surface area contributed by atoms with Crippen LogP contribution in [0.4, 0.5) is 5.00 Å². The maximum atomic E-state index is 12.3. The van der Waals surface area contributed by atoms with Crippen molar-refractivity contribution >= 4 is 39.5 Å². The number of nitrogens with zero attached hydrogens (tertiary/aromatic N) is 1. The second-order valence-corrected chi connectivity index (χ2v) is 8.02. The summed E-state index contributed by atoms with van der Waals surface area (Å²) in [5.74, 6) is -0.565. The van der Waals surface area contributed by atoms with Crippen LogP contribution in [0, 0.1) is 0 Å². The number of amides is 2. The quantitative estimate of drug-likeness (QED) is 0.829. The molecule has 0 saturated heterocycles. The topological polar surface area (TPSA) is 75.4 Å². The molecular formula is C17H21N3O2S2. The fourth-order valence-corrected chi connectivity index (χ4v) is 5.05. The van der Waals surface area contributed by atoms with Crippen LogP contribution in [-0.4, -0.2) is 30.3 Å². The molecule has 0 saturated carbocycles. The van der Waals surface area contributed by atoms with Gasteiger partial charge >= 0.3 is 0 Å². The minimum Gasteiger partial charge on any atom is -0.365 e. The highest BCUT2D eigenvalue weighted by Gasteiger charge is 2.25. The molecule has 0 fully saturated rings. The van der Waals surface area contributed by atoms with E-state index in [4.69, 9.17) is 5.73 Å². The van der Waals surface area contributed by atoms with E-state index in [1.807, 2.05) is 17.3 Å². The number of hydrogen-bond acceptors (Lipinski definition) is 5. The molecular weight excluding hydrogens is 342 g/mol. The molecule has 0 aromatic carbocycles. The zero-order chi connectivity index (χ0) is 17.1. The van der Waals surface area contributed by atoms with Crippen molar-refractivity contribution in [2.24, 2.45) is 5.73 Å². The largest absolute Gasteiger partial charge is 0.365 e. The highest BCUT2D eigenvalue weighted by atomic mass is 32.1. The van der Waals surface area contributed by atoms with Crippen molar-refractivity contribution in [1.29, 1.82) is 0 Å². The summed E-state index contributed by atoms with van der Waals surface area (Å²) in [7, 11) is 1.91. The highest BCUT2D eigenvalue weighted by molar-refractivity contribution is 7.17. The smallest absolute Gasteiger partial charge is 0.251 e. The number of nitrogens with two attached hydrogens (primary N) is 1. The normalized spacial score (nSPS) is 13.8. The van der Waals surface area contributed by atoms with Crippen molar-refractivity contribution in [2.45, 2.75) is 32.2 Å². The minimum atomic E-state index is -0.448. The standard InChI is InChI=1S/C17H21N3O2S2/c1-20(8-11-6-7-23-10-11)9-14(21)19-17-15(16(18)22)12-4-2-3-5-13(12)24-17/h6-7,10H,2-5,8-9H2,1H3,(H2,18,22)(H,19,21). The van der Waals surface area contributed by atoms with E-state index in [0.29, 0.717) is 10.6 Å². The monoisotopic (exact) mass is 363 g/mol. The van der Waals surface area contributed by atoms with Gasteiger partial charge in [0.15, 0.2) is 0 Å². The number of anilines is 1. The number of hydrogen-bond donors (Lipinski definition) is 2. The lowest BCUT2D eigenvalue weighted by atomic mass is 9.95. The Morgan fingerprint density at radius 3 is 2.83 bits per heavy atom. The van der Waals surface area contributed by atoms with Crippen LogP contribution in [-0.2, 0) is 24.2 Å². The van der Waals surface area contributed by atoms with Gasteiger partial charge < -0.3 is 11.1 Å². The molecule has 2 heterocycles. The van der Waals surface area contributed by atoms with Crippen LogP contribution in [0.5, 0.6) is 0 Å². The summed E-state index contributed by atoms with van der Waals surface area (Å²) in [5.41, 5.74) is 8.31. The first-order valence-electron chi connectivity index (χ1n) is 7.98. The van der Waals surface area contributed by atoms with Crippen molar-refractivity contribution < 1.29 is 9.59 Å². The Balaban J connectivity index is 1.68. The fraction of sp³-hybridized carbons (Fsp3) is 0.412. The van der Waals surface area contributed by atoms with Crippen molar-refractivity contribution in [3.05, 3.63) is 38.4 Å². The Hall–Kier alpha value is -1.70. The molecule has 0 unspecified atom stereocenters. The number of primary amides is 1. The van der Waals surface area contributed by atoms with Gasteiger partial charge in [-0.05, 0) is 60.7 Å². The zero-order valence-corrected chi connectivity index (χ0v) is 15.3. The van der Waals surface area contributed by atoms with Crippen molar-refractivity contribution in [3.8, 4) is 0 Å². The van der Waals surface area contributed by atoms with Gasteiger partial charge in [-0.2, -0.15) is 11.3 Å². The van der Waals surface area contributed by atoms with E-state index in [-0.39, 0.29) is 12.5 Å². The van der Waals surface area contributed by atoms with Gasteiger partial charge in [-0.3, -0.25) is 14.5 Å². The number of likely N-dealkylation sites (N-methyl/N-ethyl adjacent to an activating group) is 1. The molecule has 24 heavy (non-hydrogen) atoms. The predicted octanol–water partition coefficient (Wildman–Crippen LogP) is 2.86. The number of rotatable bonds is 6. The van der Waals surface area contributed by atoms with Gasteiger partial charge in [0.1, 0.15) is 5.00 Å². The Kier molecular flexibility index (Phi) is 5.33. The lowest BCUT2D eigenvalue weighted by Gasteiger charge is -2.15. The lowest BCUT2D eigenvalue weighted by Crippen LogP contribution is -2.30. The minimum absolute atomic E-state index is 0.117. The van der Waals surface area contributed by atoms with Crippen LogP contribution in [0.25, 0.3) is 0 Å². The van der Waals surface area contributed by atoms with E-state index in [0.717, 1.165) is 37.8 Å². The number of carbonyl (C=O) groups excluding carboxylic acids is 2. The van der Waals surface area contributed by atoms with E-state index in [9.17, 15) is 9.59 Å². The van der Waals surface area contributed by atoms with Gasteiger partial charge in [-0.1, -0.05) is 0 Å². The first-order chi connectivity index (χ1) is 11.5. The van der Waals surface area contributed by atoms with Gasteiger partial charge in [0.2, 0.25) is 5.91 Å². The number of aryl methyl sites for hydroxylation is 1. The van der Waals surface area contributed by atoms with Crippen LogP contribution in [0.1, 0.15) is 39.2 Å². The van der Waals surface area contributed by atoms with Crippen molar-refractivity contribution in [1.82, 2.24) is 4.90 Å². The summed E-state index contributed by atoms with van der Waals surface area (Å²) in [5, 5.41) is 7.62. The van der Waals surface area contributed by atoms with Gasteiger partial charge in [-0.15, -0.1) is 11.3 Å². The van der Waals surface area contributed by atoms with E-state index in [1.54, 1.807) is 11.3 Å². The summed E-state index contributed by atoms with van der Waals surface area (Å²) in [6, 6.07) is 2.05. The SMILES string of the molecule is CN(CC(=O)Nc1sc2c(c1C(N)=O)CCCC2)Cc1ccsc1. The molecule has 0 atom stereocenters. The molecule has 128 valence electrons. The first-order valence-corrected chi connectivity index (χ1v) is 9.74.